The third kappa shape index (κ3) is 2.21. The summed E-state index contributed by atoms with van der Waals surface area (Å²) in [6.45, 7) is 0. The molecule has 0 aromatic heterocycles. The molecular weight excluding hydrogens is 168 g/mol. The van der Waals surface area contributed by atoms with Crippen molar-refractivity contribution in [1.29, 1.82) is 0 Å². The van der Waals surface area contributed by atoms with Gasteiger partial charge in [0.15, 0.2) is 0 Å². The average Bonchev–Trinajstić information content (AvgIpc) is 2.16. The number of nitrogens with zero attached hydrogens (tertiary/aromatic N) is 2. The number of esters is 1. The summed E-state index contributed by atoms with van der Waals surface area (Å²) in [4.78, 5) is 11.4. The van der Waals surface area contributed by atoms with E-state index in [2.05, 4.69) is 6.08 Å². The van der Waals surface area contributed by atoms with Crippen molar-refractivity contribution < 1.29 is 9.53 Å². The van der Waals surface area contributed by atoms with E-state index >= 15 is 0 Å². The molecule has 0 saturated heterocycles. The number of hydrogen-bond donors (Lipinski definition) is 0. The van der Waals surface area contributed by atoms with Gasteiger partial charge < -0.3 is 4.74 Å². The largest absolute Gasteiger partial charge is 0.467 e. The van der Waals surface area contributed by atoms with Crippen LogP contribution in [0.4, 0.5) is 0 Å². The fourth-order valence-corrected chi connectivity index (χ4v) is 1.45. The Hall–Kier alpha value is -1.03. The molecule has 4 nitrogen and oxygen atoms in total. The third-order valence-corrected chi connectivity index (χ3v) is 2.12. The number of allylic oxidation sites excluding steroid dienone is 1. The summed E-state index contributed by atoms with van der Waals surface area (Å²) >= 11 is 0. The maximum Gasteiger partial charge on any atom is 0.330 e. The molecule has 74 valence electrons. The first kappa shape index (κ1) is 10.1. The summed E-state index contributed by atoms with van der Waals surface area (Å²) in [7, 11) is 5.24. The molecule has 1 rings (SSSR count). The normalized spacial score (nSPS) is 22.2. The van der Waals surface area contributed by atoms with Crippen molar-refractivity contribution in [2.24, 2.45) is 0 Å². The minimum absolute atomic E-state index is 0.162. The number of carbonyl (C=O) groups excluding carboxylic acids is 1. The van der Waals surface area contributed by atoms with Crippen molar-refractivity contribution in [2.45, 2.75) is 18.9 Å². The van der Waals surface area contributed by atoms with E-state index in [0.29, 0.717) is 0 Å². The van der Waals surface area contributed by atoms with Crippen molar-refractivity contribution in [3.63, 3.8) is 0 Å². The second-order valence-electron chi connectivity index (χ2n) is 3.23. The predicted octanol–water partition coefficient (Wildman–Crippen LogP) is 0.614. The van der Waals surface area contributed by atoms with Crippen LogP contribution in [0.5, 0.6) is 0 Å². The van der Waals surface area contributed by atoms with E-state index in [4.69, 9.17) is 4.74 Å². The van der Waals surface area contributed by atoms with Crippen LogP contribution in [0.3, 0.4) is 0 Å². The Bertz CT molecular complexity index is 214. The van der Waals surface area contributed by atoms with Crippen LogP contribution < -0.4 is 0 Å². The first-order valence-electron chi connectivity index (χ1n) is 4.37. The molecule has 0 aliphatic carbocycles. The van der Waals surface area contributed by atoms with Crippen molar-refractivity contribution in [3.05, 3.63) is 12.3 Å². The van der Waals surface area contributed by atoms with Gasteiger partial charge in [0.25, 0.3) is 0 Å². The summed E-state index contributed by atoms with van der Waals surface area (Å²) in [5.41, 5.74) is 0. The Morgan fingerprint density at radius 3 is 2.85 bits per heavy atom. The smallest absolute Gasteiger partial charge is 0.330 e. The summed E-state index contributed by atoms with van der Waals surface area (Å²) in [6.07, 6.45) is 5.73. The van der Waals surface area contributed by atoms with E-state index in [9.17, 15) is 4.79 Å². The van der Waals surface area contributed by atoms with Gasteiger partial charge in [0.2, 0.25) is 0 Å². The minimum atomic E-state index is -0.168. The van der Waals surface area contributed by atoms with E-state index < -0.39 is 0 Å². The van der Waals surface area contributed by atoms with Gasteiger partial charge in [-0.05, 0) is 12.8 Å². The van der Waals surface area contributed by atoms with Crippen LogP contribution in [-0.2, 0) is 9.53 Å². The zero-order valence-corrected chi connectivity index (χ0v) is 8.36. The van der Waals surface area contributed by atoms with Crippen molar-refractivity contribution in [2.75, 3.05) is 21.2 Å². The Morgan fingerprint density at radius 2 is 2.31 bits per heavy atom. The molecule has 1 aliphatic rings. The van der Waals surface area contributed by atoms with E-state index in [0.717, 1.165) is 12.8 Å². The quantitative estimate of drug-likeness (QED) is 0.589. The molecule has 4 heteroatoms. The second kappa shape index (κ2) is 4.28. The number of hydrogen-bond acceptors (Lipinski definition) is 4. The van der Waals surface area contributed by atoms with Crippen molar-refractivity contribution in [3.8, 4) is 0 Å². The molecule has 0 N–H and O–H groups in total. The standard InChI is InChI=1S/C9H16N2O2/c1-10(2)11-7-5-4-6-8(11)9(12)13-3/h5,7-8H,4,6H2,1-3H3. The van der Waals surface area contributed by atoms with Gasteiger partial charge in [-0.25, -0.2) is 9.80 Å². The lowest BCUT2D eigenvalue weighted by Crippen LogP contribution is -2.47. The molecule has 0 radical (unpaired) electrons. The number of rotatable bonds is 2. The van der Waals surface area contributed by atoms with Gasteiger partial charge in [-0.15, -0.1) is 0 Å². The molecule has 0 bridgehead atoms. The molecule has 0 aromatic carbocycles. The highest BCUT2D eigenvalue weighted by Gasteiger charge is 2.27. The summed E-state index contributed by atoms with van der Waals surface area (Å²) in [5.74, 6) is -0.168. The van der Waals surface area contributed by atoms with Gasteiger partial charge in [0.1, 0.15) is 6.04 Å². The maximum absolute atomic E-state index is 11.4. The lowest BCUT2D eigenvalue weighted by molar-refractivity contribution is -0.151. The molecule has 1 unspecified atom stereocenters. The van der Waals surface area contributed by atoms with Crippen molar-refractivity contribution in [1.82, 2.24) is 10.0 Å². The predicted molar refractivity (Wildman–Crippen MR) is 49.7 cm³/mol. The first-order valence-corrected chi connectivity index (χ1v) is 4.37. The lowest BCUT2D eigenvalue weighted by atomic mass is 10.1. The van der Waals surface area contributed by atoms with Gasteiger partial charge in [-0.1, -0.05) is 6.08 Å². The minimum Gasteiger partial charge on any atom is -0.467 e. The number of hydrazine groups is 1. The summed E-state index contributed by atoms with van der Waals surface area (Å²) in [6, 6.07) is -0.162. The van der Waals surface area contributed by atoms with Crippen LogP contribution in [0.1, 0.15) is 12.8 Å². The SMILES string of the molecule is COC(=O)C1CCC=CN1N(C)C. The highest BCUT2D eigenvalue weighted by atomic mass is 16.5. The molecule has 0 aromatic rings. The average molecular weight is 184 g/mol. The number of ether oxygens (including phenoxy) is 1. The van der Waals surface area contributed by atoms with Crippen LogP contribution >= 0.6 is 0 Å². The zero-order chi connectivity index (χ0) is 9.84. The number of methoxy groups -OCH3 is 1. The third-order valence-electron chi connectivity index (χ3n) is 2.12. The zero-order valence-electron chi connectivity index (χ0n) is 8.36. The molecule has 1 aliphatic heterocycles. The molecule has 13 heavy (non-hydrogen) atoms. The van der Waals surface area contributed by atoms with E-state index in [1.165, 1.54) is 7.11 Å². The van der Waals surface area contributed by atoms with Gasteiger partial charge in [0.05, 0.1) is 7.11 Å². The maximum atomic E-state index is 11.4. The molecule has 0 fully saturated rings. The fraction of sp³-hybridized carbons (Fsp3) is 0.667. The Kier molecular flexibility index (Phi) is 3.31. The molecular formula is C9H16N2O2. The molecule has 1 atom stereocenters. The monoisotopic (exact) mass is 184 g/mol. The number of carbonyl (C=O) groups is 1. The molecule has 0 amide bonds. The van der Waals surface area contributed by atoms with Gasteiger partial charge in [-0.3, -0.25) is 5.01 Å². The van der Waals surface area contributed by atoms with Gasteiger partial charge >= 0.3 is 5.97 Å². The molecule has 0 spiro atoms. The highest BCUT2D eigenvalue weighted by Crippen LogP contribution is 2.16. The summed E-state index contributed by atoms with van der Waals surface area (Å²) in [5, 5.41) is 3.77. The van der Waals surface area contributed by atoms with Crippen LogP contribution in [0.25, 0.3) is 0 Å². The van der Waals surface area contributed by atoms with E-state index in [-0.39, 0.29) is 12.0 Å². The highest BCUT2D eigenvalue weighted by molar-refractivity contribution is 5.75. The molecule has 0 saturated carbocycles. The Balaban J connectivity index is 2.71. The second-order valence-corrected chi connectivity index (χ2v) is 3.23. The first-order chi connectivity index (χ1) is 6.16. The van der Waals surface area contributed by atoms with Crippen LogP contribution in [0.2, 0.25) is 0 Å². The Morgan fingerprint density at radius 1 is 1.62 bits per heavy atom. The van der Waals surface area contributed by atoms with Crippen LogP contribution in [-0.4, -0.2) is 43.2 Å². The van der Waals surface area contributed by atoms with Crippen LogP contribution in [0, 0.1) is 0 Å². The van der Waals surface area contributed by atoms with E-state index in [1.54, 1.807) is 0 Å². The molecule has 1 heterocycles. The van der Waals surface area contributed by atoms with Gasteiger partial charge in [0, 0.05) is 20.3 Å². The van der Waals surface area contributed by atoms with Gasteiger partial charge in [-0.2, -0.15) is 0 Å². The van der Waals surface area contributed by atoms with E-state index in [1.807, 2.05) is 30.3 Å². The summed E-state index contributed by atoms with van der Waals surface area (Å²) < 4.78 is 4.73. The van der Waals surface area contributed by atoms with Crippen molar-refractivity contribution >= 4 is 5.97 Å². The Labute approximate surface area is 78.7 Å². The lowest BCUT2D eigenvalue weighted by Gasteiger charge is -2.35. The fourth-order valence-electron chi connectivity index (χ4n) is 1.45. The van der Waals surface area contributed by atoms with Crippen LogP contribution in [0.15, 0.2) is 12.3 Å². The topological polar surface area (TPSA) is 32.8 Å².